The maximum Gasteiger partial charge on any atom is 0.269 e. The van der Waals surface area contributed by atoms with Crippen LogP contribution in [0.3, 0.4) is 0 Å². The zero-order chi connectivity index (χ0) is 45.9. The van der Waals surface area contributed by atoms with E-state index >= 15 is 0 Å². The van der Waals surface area contributed by atoms with Crippen LogP contribution in [0.25, 0.3) is 6.08 Å². The van der Waals surface area contributed by atoms with E-state index in [4.69, 9.17) is 19.0 Å². The summed E-state index contributed by atoms with van der Waals surface area (Å²) in [6.07, 6.45) is 11.9. The quantitative estimate of drug-likeness (QED) is 0.0205. The molecular weight excluding hydrogens is 834 g/mol. The summed E-state index contributed by atoms with van der Waals surface area (Å²) in [5.74, 6) is -1.95. The Labute approximate surface area is 377 Å². The molecule has 1 heterocycles. The highest BCUT2D eigenvalue weighted by molar-refractivity contribution is 6.03. The zero-order valence-electron chi connectivity index (χ0n) is 36.3. The van der Waals surface area contributed by atoms with E-state index in [1.807, 2.05) is 12.1 Å². The third-order valence-electron chi connectivity index (χ3n) is 12.5. The predicted octanol–water partition coefficient (Wildman–Crippen LogP) is 9.34. The smallest absolute Gasteiger partial charge is 0.269 e. The molecule has 1 aliphatic heterocycles. The molecule has 0 bridgehead atoms. The van der Waals surface area contributed by atoms with Crippen molar-refractivity contribution in [2.24, 2.45) is 22.9 Å². The maximum atomic E-state index is 15.0. The van der Waals surface area contributed by atoms with E-state index in [0.29, 0.717) is 52.5 Å². The van der Waals surface area contributed by atoms with Crippen molar-refractivity contribution in [3.63, 3.8) is 0 Å². The molecule has 4 aromatic carbocycles. The lowest BCUT2D eigenvalue weighted by molar-refractivity contribution is -0.384. The van der Waals surface area contributed by atoms with Crippen LogP contribution in [0.5, 0.6) is 17.2 Å². The number of allylic oxidation sites excluding steroid dienone is 1. The monoisotopic (exact) mass is 887 g/mol. The number of benzene rings is 4. The van der Waals surface area contributed by atoms with E-state index in [2.05, 4.69) is 17.8 Å². The summed E-state index contributed by atoms with van der Waals surface area (Å²) in [6.45, 7) is 4.13. The van der Waals surface area contributed by atoms with Gasteiger partial charge in [0.1, 0.15) is 42.5 Å². The van der Waals surface area contributed by atoms with Crippen LogP contribution in [0, 0.1) is 33.7 Å². The van der Waals surface area contributed by atoms with Gasteiger partial charge in [-0.1, -0.05) is 54.4 Å². The largest absolute Gasteiger partial charge is 0.459 e. The first-order valence-electron chi connectivity index (χ1n) is 21.9. The number of carbonyl (C=O) groups is 2. The summed E-state index contributed by atoms with van der Waals surface area (Å²) in [4.78, 5) is 44.7. The number of aldehydes is 1. The molecule has 7 rings (SSSR count). The molecule has 1 fully saturated rings. The van der Waals surface area contributed by atoms with Crippen molar-refractivity contribution >= 4 is 29.7 Å². The van der Waals surface area contributed by atoms with Crippen molar-refractivity contribution in [3.05, 3.63) is 160 Å². The van der Waals surface area contributed by atoms with Crippen LogP contribution in [-0.4, -0.2) is 76.7 Å². The summed E-state index contributed by atoms with van der Waals surface area (Å²) in [6, 6.07) is 23.3. The van der Waals surface area contributed by atoms with Gasteiger partial charge in [0.25, 0.3) is 5.69 Å². The maximum absolute atomic E-state index is 15.0. The number of non-ortho nitro benzene ring substituents is 1. The van der Waals surface area contributed by atoms with Gasteiger partial charge in [0.2, 0.25) is 11.7 Å². The first-order valence-corrected chi connectivity index (χ1v) is 21.9. The molecule has 0 radical (unpaired) electrons. The van der Waals surface area contributed by atoms with Crippen LogP contribution in [0.4, 0.5) is 10.1 Å². The van der Waals surface area contributed by atoms with Gasteiger partial charge >= 0.3 is 0 Å². The topological polar surface area (TPSA) is 170 Å². The number of nitro benzene ring substituents is 1. The van der Waals surface area contributed by atoms with Crippen LogP contribution in [0.1, 0.15) is 77.9 Å². The zero-order valence-corrected chi connectivity index (χ0v) is 36.3. The number of unbranched alkanes of at least 4 members (excludes halogenated alkanes) is 2. The van der Waals surface area contributed by atoms with Gasteiger partial charge in [-0.2, -0.15) is 0 Å². The van der Waals surface area contributed by atoms with Gasteiger partial charge in [-0.3, -0.25) is 19.7 Å². The number of carbonyl (C=O) groups excluding carboxylic acids is 2. The van der Waals surface area contributed by atoms with Crippen LogP contribution < -0.4 is 9.47 Å². The SMILES string of the molecule is C=CCO[C@@]12Oc3ccc(Oc4cccc(C=O)c4)cc3[C@H]3[C@H](CCCCO)[C@@H](CCCCO)C=C(C(=NOC)C[C@@H]1N(Cc1ccc(F)cc1)C(=O)C=Cc1ccc([N+](=O)[O-])cc1)[C@H]32. The number of nitrogens with zero attached hydrogens (tertiary/aromatic N) is 3. The van der Waals surface area contributed by atoms with E-state index in [-0.39, 0.29) is 56.2 Å². The normalized spacial score (nSPS) is 22.6. The number of amides is 1. The lowest BCUT2D eigenvalue weighted by Gasteiger charge is -2.60. The van der Waals surface area contributed by atoms with Crippen molar-refractivity contribution in [2.45, 2.75) is 69.2 Å². The van der Waals surface area contributed by atoms with E-state index in [1.165, 1.54) is 37.5 Å². The average molecular weight is 888 g/mol. The number of halogens is 1. The van der Waals surface area contributed by atoms with Gasteiger partial charge in [-0.05, 0) is 115 Å². The second-order valence-corrected chi connectivity index (χ2v) is 16.5. The fourth-order valence-electron chi connectivity index (χ4n) is 9.71. The second kappa shape index (κ2) is 21.5. The molecule has 1 amide bonds. The molecular formula is C51H54FN3O10. The Morgan fingerprint density at radius 1 is 0.985 bits per heavy atom. The Morgan fingerprint density at radius 3 is 2.42 bits per heavy atom. The van der Waals surface area contributed by atoms with E-state index in [0.717, 1.165) is 43.1 Å². The minimum absolute atomic E-state index is 0.00594. The first kappa shape index (κ1) is 46.5. The summed E-state index contributed by atoms with van der Waals surface area (Å²) in [5, 5.41) is 35.9. The molecule has 2 aliphatic carbocycles. The van der Waals surface area contributed by atoms with Crippen LogP contribution >= 0.6 is 0 Å². The van der Waals surface area contributed by atoms with E-state index in [1.54, 1.807) is 71.6 Å². The predicted molar refractivity (Wildman–Crippen MR) is 243 cm³/mol. The van der Waals surface area contributed by atoms with Crippen LogP contribution in [-0.2, 0) is 20.9 Å². The number of fused-ring (bicyclic) bond motifs is 2. The Hall–Kier alpha value is -6.48. The lowest BCUT2D eigenvalue weighted by Crippen LogP contribution is -2.70. The van der Waals surface area contributed by atoms with E-state index in [9.17, 15) is 34.3 Å². The van der Waals surface area contributed by atoms with Crippen LogP contribution in [0.15, 0.2) is 127 Å². The molecule has 3 aliphatic rings. The molecule has 1 saturated carbocycles. The number of hydrogen-bond donors (Lipinski definition) is 2. The molecule has 6 atom stereocenters. The Balaban J connectivity index is 1.43. The number of aliphatic hydroxyl groups is 2. The molecule has 2 N–H and O–H groups in total. The van der Waals surface area contributed by atoms with Crippen LogP contribution in [0.2, 0.25) is 0 Å². The lowest BCUT2D eigenvalue weighted by atomic mass is 9.55. The number of nitro groups is 1. The fraction of sp³-hybridized carbons (Fsp3) is 0.353. The summed E-state index contributed by atoms with van der Waals surface area (Å²) < 4.78 is 35.1. The fourth-order valence-corrected chi connectivity index (χ4v) is 9.71. The molecule has 4 aromatic rings. The molecule has 13 nitrogen and oxygen atoms in total. The second-order valence-electron chi connectivity index (χ2n) is 16.5. The summed E-state index contributed by atoms with van der Waals surface area (Å²) in [5.41, 5.74) is 3.85. The van der Waals surface area contributed by atoms with Gasteiger partial charge in [-0.15, -0.1) is 6.58 Å². The molecule has 0 saturated heterocycles. The molecule has 340 valence electrons. The van der Waals surface area contributed by atoms with Crippen molar-refractivity contribution < 1.29 is 48.2 Å². The number of rotatable bonds is 21. The minimum Gasteiger partial charge on any atom is -0.459 e. The Morgan fingerprint density at radius 2 is 1.72 bits per heavy atom. The summed E-state index contributed by atoms with van der Waals surface area (Å²) >= 11 is 0. The highest BCUT2D eigenvalue weighted by atomic mass is 19.1. The number of aliphatic hydroxyl groups excluding tert-OH is 2. The highest BCUT2D eigenvalue weighted by Gasteiger charge is 2.65. The first-order chi connectivity index (χ1) is 31.6. The van der Waals surface area contributed by atoms with Gasteiger partial charge in [0, 0.05) is 61.4 Å². The number of ether oxygens (including phenoxy) is 3. The van der Waals surface area contributed by atoms with Gasteiger partial charge in [-0.25, -0.2) is 4.39 Å². The summed E-state index contributed by atoms with van der Waals surface area (Å²) in [7, 11) is 1.47. The van der Waals surface area contributed by atoms with Gasteiger partial charge in [0.15, 0.2) is 0 Å². The molecule has 0 unspecified atom stereocenters. The molecule has 0 spiro atoms. The molecule has 0 aromatic heterocycles. The number of hydrogen-bond acceptors (Lipinski definition) is 11. The van der Waals surface area contributed by atoms with Crippen molar-refractivity contribution in [1.29, 1.82) is 0 Å². The highest BCUT2D eigenvalue weighted by Crippen LogP contribution is 2.62. The van der Waals surface area contributed by atoms with Crippen molar-refractivity contribution in [2.75, 3.05) is 26.9 Å². The van der Waals surface area contributed by atoms with Gasteiger partial charge < -0.3 is 34.2 Å². The van der Waals surface area contributed by atoms with Crippen molar-refractivity contribution in [3.8, 4) is 17.2 Å². The Bertz CT molecular complexity index is 2420. The standard InChI is InChI=1S/C51H54FN3O10/c1-3-27-63-51-47(54(32-35-13-18-38(52)19-14-35)48(59)24-17-34-15-20-39(21-16-34)55(60)61)31-45(53-62-2)43-29-37(10-4-6-25-56)42(12-5-7-26-57)49(50(43)51)44-30-41(22-23-46(44)65-51)64-40-11-8-9-36(28-40)33-58/h3,8-9,11,13-24,28-30,33,37,42,47,49-50,56-57H,1,4-7,10,12,25-27,31-32H2,2H3/t37-,42+,47-,49+,50+,51+/m0/s1. The third-order valence-corrected chi connectivity index (χ3v) is 12.5. The average Bonchev–Trinajstić information content (AvgIpc) is 3.31. The van der Waals surface area contributed by atoms with Gasteiger partial charge in [0.05, 0.1) is 23.2 Å². The molecule has 14 heteroatoms. The third kappa shape index (κ3) is 10.4. The van der Waals surface area contributed by atoms with Crippen molar-refractivity contribution in [1.82, 2.24) is 4.90 Å². The number of oxime groups is 1. The van der Waals surface area contributed by atoms with E-state index < -0.39 is 34.4 Å². The molecule has 65 heavy (non-hydrogen) atoms. The Kier molecular flexibility index (Phi) is 15.4. The minimum atomic E-state index is -1.58.